The van der Waals surface area contributed by atoms with Crippen molar-refractivity contribution in [2.45, 2.75) is 0 Å². The molecule has 0 heterocycles. The second-order valence-corrected chi connectivity index (χ2v) is 2.99. The molecule has 2 rings (SSSR count). The summed E-state index contributed by atoms with van der Waals surface area (Å²) in [6.45, 7) is 0. The van der Waals surface area contributed by atoms with Crippen molar-refractivity contribution in [2.75, 3.05) is 14.2 Å². The molecule has 1 aromatic rings. The van der Waals surface area contributed by atoms with Crippen LogP contribution in [0.5, 0.6) is 11.5 Å². The Morgan fingerprint density at radius 2 is 1.86 bits per heavy atom. The summed E-state index contributed by atoms with van der Waals surface area (Å²) in [5.41, 5.74) is 1.47. The maximum absolute atomic E-state index is 11.4. The van der Waals surface area contributed by atoms with Crippen molar-refractivity contribution in [1.29, 1.82) is 0 Å². The molecule has 0 radical (unpaired) electrons. The van der Waals surface area contributed by atoms with Gasteiger partial charge in [-0.25, -0.2) is 0 Å². The van der Waals surface area contributed by atoms with Gasteiger partial charge in [0.1, 0.15) is 11.5 Å². The normalized spacial score (nSPS) is 12.9. The first kappa shape index (κ1) is 8.81. The van der Waals surface area contributed by atoms with Crippen LogP contribution in [0.3, 0.4) is 0 Å². The second-order valence-electron chi connectivity index (χ2n) is 2.99. The zero-order chi connectivity index (χ0) is 10.1. The Hall–Kier alpha value is -1.77. The van der Waals surface area contributed by atoms with Crippen LogP contribution in [0.1, 0.15) is 15.9 Å². The van der Waals surface area contributed by atoms with Gasteiger partial charge < -0.3 is 9.47 Å². The van der Waals surface area contributed by atoms with Crippen LogP contribution in [-0.4, -0.2) is 20.0 Å². The Balaban J connectivity index is 2.62. The summed E-state index contributed by atoms with van der Waals surface area (Å²) < 4.78 is 10.2. The number of allylic oxidation sites excluding steroid dienone is 1. The second kappa shape index (κ2) is 3.18. The molecule has 1 aliphatic rings. The van der Waals surface area contributed by atoms with Gasteiger partial charge in [0.2, 0.25) is 0 Å². The molecule has 0 spiro atoms. The van der Waals surface area contributed by atoms with Gasteiger partial charge in [-0.05, 0) is 17.7 Å². The van der Waals surface area contributed by atoms with Gasteiger partial charge in [-0.15, -0.1) is 0 Å². The van der Waals surface area contributed by atoms with E-state index >= 15 is 0 Å². The summed E-state index contributed by atoms with van der Waals surface area (Å²) in [7, 11) is 3.13. The summed E-state index contributed by atoms with van der Waals surface area (Å²) in [5.74, 6) is 1.24. The lowest BCUT2D eigenvalue weighted by Crippen LogP contribution is -1.98. The number of fused-ring (bicyclic) bond motifs is 1. The van der Waals surface area contributed by atoms with Crippen molar-refractivity contribution in [1.82, 2.24) is 0 Å². The molecule has 0 bridgehead atoms. The van der Waals surface area contributed by atoms with Gasteiger partial charge in [0.15, 0.2) is 5.78 Å². The maximum atomic E-state index is 11.4. The number of rotatable bonds is 2. The molecular weight excluding hydrogens is 180 g/mol. The van der Waals surface area contributed by atoms with Crippen LogP contribution in [0.2, 0.25) is 0 Å². The first-order valence-corrected chi connectivity index (χ1v) is 4.24. The Labute approximate surface area is 81.9 Å². The SMILES string of the molecule is COc1cc2c(c(OC)c1)C(=O)C=C2. The molecular formula is C11H10O3. The van der Waals surface area contributed by atoms with E-state index in [1.165, 1.54) is 6.08 Å². The maximum Gasteiger partial charge on any atom is 0.190 e. The fourth-order valence-electron chi connectivity index (χ4n) is 1.53. The Morgan fingerprint density at radius 1 is 1.07 bits per heavy atom. The zero-order valence-electron chi connectivity index (χ0n) is 8.03. The lowest BCUT2D eigenvalue weighted by molar-refractivity contribution is 0.104. The summed E-state index contributed by atoms with van der Waals surface area (Å²) >= 11 is 0. The Morgan fingerprint density at radius 3 is 2.50 bits per heavy atom. The van der Waals surface area contributed by atoms with Gasteiger partial charge >= 0.3 is 0 Å². The van der Waals surface area contributed by atoms with Crippen molar-refractivity contribution in [3.8, 4) is 11.5 Å². The summed E-state index contributed by atoms with van der Waals surface area (Å²) in [4.78, 5) is 11.4. The zero-order valence-corrected chi connectivity index (χ0v) is 8.03. The van der Waals surface area contributed by atoms with Crippen molar-refractivity contribution in [3.05, 3.63) is 29.3 Å². The van der Waals surface area contributed by atoms with Crippen LogP contribution in [0, 0.1) is 0 Å². The molecule has 0 aliphatic heterocycles. The molecule has 3 nitrogen and oxygen atoms in total. The first-order valence-electron chi connectivity index (χ1n) is 4.24. The van der Waals surface area contributed by atoms with Crippen molar-refractivity contribution >= 4 is 11.9 Å². The van der Waals surface area contributed by atoms with E-state index in [0.29, 0.717) is 17.1 Å². The molecule has 3 heteroatoms. The highest BCUT2D eigenvalue weighted by atomic mass is 16.5. The number of hydrogen-bond acceptors (Lipinski definition) is 3. The van der Waals surface area contributed by atoms with Gasteiger partial charge in [-0.3, -0.25) is 4.79 Å². The third-order valence-corrected chi connectivity index (χ3v) is 2.22. The monoisotopic (exact) mass is 190 g/mol. The molecule has 0 amide bonds. The number of carbonyl (C=O) groups is 1. The molecule has 0 saturated carbocycles. The molecule has 1 aliphatic carbocycles. The third kappa shape index (κ3) is 1.18. The minimum atomic E-state index is -0.0143. The van der Waals surface area contributed by atoms with Crippen LogP contribution in [0.25, 0.3) is 6.08 Å². The number of hydrogen-bond donors (Lipinski definition) is 0. The molecule has 14 heavy (non-hydrogen) atoms. The van der Waals surface area contributed by atoms with Crippen molar-refractivity contribution in [3.63, 3.8) is 0 Å². The Kier molecular flexibility index (Phi) is 2.00. The van der Waals surface area contributed by atoms with Gasteiger partial charge in [-0.2, -0.15) is 0 Å². The number of methoxy groups -OCH3 is 2. The Bertz CT molecular complexity index is 419. The average molecular weight is 190 g/mol. The van der Waals surface area contributed by atoms with Crippen LogP contribution in [0.15, 0.2) is 18.2 Å². The van der Waals surface area contributed by atoms with E-state index in [9.17, 15) is 4.79 Å². The summed E-state index contributed by atoms with van der Waals surface area (Å²) in [5, 5.41) is 0. The van der Waals surface area contributed by atoms with E-state index in [-0.39, 0.29) is 5.78 Å². The molecule has 0 saturated heterocycles. The largest absolute Gasteiger partial charge is 0.497 e. The molecule has 0 atom stereocenters. The first-order chi connectivity index (χ1) is 6.76. The van der Waals surface area contributed by atoms with Crippen LogP contribution in [0.4, 0.5) is 0 Å². The van der Waals surface area contributed by atoms with Gasteiger partial charge in [-0.1, -0.05) is 6.08 Å². The minimum absolute atomic E-state index is 0.0143. The van der Waals surface area contributed by atoms with E-state index in [4.69, 9.17) is 9.47 Å². The molecule has 72 valence electrons. The highest BCUT2D eigenvalue weighted by Crippen LogP contribution is 2.33. The van der Waals surface area contributed by atoms with E-state index in [1.54, 1.807) is 26.4 Å². The molecule has 0 fully saturated rings. The van der Waals surface area contributed by atoms with Gasteiger partial charge in [0, 0.05) is 6.07 Å². The van der Waals surface area contributed by atoms with Crippen molar-refractivity contribution < 1.29 is 14.3 Å². The third-order valence-electron chi connectivity index (χ3n) is 2.22. The van der Waals surface area contributed by atoms with Gasteiger partial charge in [0.05, 0.1) is 19.8 Å². The predicted octanol–water partition coefficient (Wildman–Crippen LogP) is 1.91. The number of ketones is 1. The number of carbonyl (C=O) groups excluding carboxylic acids is 1. The van der Waals surface area contributed by atoms with E-state index < -0.39 is 0 Å². The standard InChI is InChI=1S/C11H10O3/c1-13-8-5-7-3-4-9(12)11(7)10(6-8)14-2/h3-6H,1-2H3. The van der Waals surface area contributed by atoms with E-state index in [2.05, 4.69) is 0 Å². The van der Waals surface area contributed by atoms with Crippen LogP contribution >= 0.6 is 0 Å². The number of ether oxygens (including phenoxy) is 2. The molecule has 0 N–H and O–H groups in total. The fraction of sp³-hybridized carbons (Fsp3) is 0.182. The average Bonchev–Trinajstić information content (AvgIpc) is 2.59. The van der Waals surface area contributed by atoms with E-state index in [1.807, 2.05) is 6.07 Å². The summed E-state index contributed by atoms with van der Waals surface area (Å²) in [6, 6.07) is 3.53. The summed E-state index contributed by atoms with van der Waals surface area (Å²) in [6.07, 6.45) is 3.30. The number of benzene rings is 1. The van der Waals surface area contributed by atoms with Crippen LogP contribution < -0.4 is 9.47 Å². The van der Waals surface area contributed by atoms with Crippen molar-refractivity contribution in [2.24, 2.45) is 0 Å². The highest BCUT2D eigenvalue weighted by Gasteiger charge is 2.20. The molecule has 0 unspecified atom stereocenters. The lowest BCUT2D eigenvalue weighted by atomic mass is 10.1. The lowest BCUT2D eigenvalue weighted by Gasteiger charge is -2.08. The predicted molar refractivity (Wildman–Crippen MR) is 52.9 cm³/mol. The van der Waals surface area contributed by atoms with Gasteiger partial charge in [0.25, 0.3) is 0 Å². The molecule has 0 aromatic heterocycles. The topological polar surface area (TPSA) is 35.5 Å². The molecule has 1 aromatic carbocycles. The minimum Gasteiger partial charge on any atom is -0.497 e. The van der Waals surface area contributed by atoms with E-state index in [0.717, 1.165) is 5.56 Å². The highest BCUT2D eigenvalue weighted by molar-refractivity contribution is 6.15. The van der Waals surface area contributed by atoms with Crippen LogP contribution in [-0.2, 0) is 0 Å². The quantitative estimate of drug-likeness (QED) is 0.714. The smallest absolute Gasteiger partial charge is 0.190 e. The fourth-order valence-corrected chi connectivity index (χ4v) is 1.53.